The summed E-state index contributed by atoms with van der Waals surface area (Å²) in [5.41, 5.74) is 1.75. The van der Waals surface area contributed by atoms with Gasteiger partial charge < -0.3 is 10.1 Å². The van der Waals surface area contributed by atoms with E-state index in [2.05, 4.69) is 38.1 Å². The average molecular weight is 436 g/mol. The quantitative estimate of drug-likeness (QED) is 0.492. The number of halogens is 2. The summed E-state index contributed by atoms with van der Waals surface area (Å²) in [5, 5.41) is 18.0. The van der Waals surface area contributed by atoms with E-state index in [1.54, 1.807) is 0 Å². The van der Waals surface area contributed by atoms with E-state index in [4.69, 9.17) is 0 Å². The Balaban J connectivity index is 1.65. The lowest BCUT2D eigenvalue weighted by Crippen LogP contribution is -2.08. The Bertz CT molecular complexity index is 1060. The van der Waals surface area contributed by atoms with Crippen LogP contribution in [0.1, 0.15) is 33.5 Å². The molecule has 0 spiro atoms. The summed E-state index contributed by atoms with van der Waals surface area (Å²) in [7, 11) is 0. The normalized spacial score (nSPS) is 17.1. The first-order chi connectivity index (χ1) is 12.4. The van der Waals surface area contributed by atoms with E-state index < -0.39 is 11.7 Å². The molecular formula is C18H15BrFN3O2S. The van der Waals surface area contributed by atoms with Gasteiger partial charge in [-0.15, -0.1) is 21.6 Å². The SMILES string of the molecule is CC1CCc2sc(C(=O)N=Nc3c(O)[nH]c4c(Br)cc(F)cc34)cc2C1. The van der Waals surface area contributed by atoms with Crippen LogP contribution in [-0.4, -0.2) is 16.0 Å². The zero-order valence-corrected chi connectivity index (χ0v) is 16.2. The number of benzene rings is 1. The number of nitrogens with one attached hydrogen (secondary N) is 1. The first-order valence-electron chi connectivity index (χ1n) is 8.19. The summed E-state index contributed by atoms with van der Waals surface area (Å²) in [6.45, 7) is 2.21. The highest BCUT2D eigenvalue weighted by atomic mass is 79.9. The summed E-state index contributed by atoms with van der Waals surface area (Å²) in [4.78, 5) is 16.9. The molecule has 1 aliphatic rings. The van der Waals surface area contributed by atoms with Crippen molar-refractivity contribution >= 4 is 49.8 Å². The van der Waals surface area contributed by atoms with Gasteiger partial charge in [-0.1, -0.05) is 6.92 Å². The van der Waals surface area contributed by atoms with E-state index in [0.717, 1.165) is 19.3 Å². The Morgan fingerprint density at radius 2 is 2.23 bits per heavy atom. The molecule has 1 unspecified atom stereocenters. The molecule has 1 aromatic carbocycles. The van der Waals surface area contributed by atoms with Crippen molar-refractivity contribution in [1.29, 1.82) is 0 Å². The number of carbonyl (C=O) groups excluding carboxylic acids is 1. The van der Waals surface area contributed by atoms with E-state index in [1.165, 1.54) is 33.9 Å². The van der Waals surface area contributed by atoms with Crippen LogP contribution in [0, 0.1) is 11.7 Å². The summed E-state index contributed by atoms with van der Waals surface area (Å²) >= 11 is 4.68. The fraction of sp³-hybridized carbons (Fsp3) is 0.278. The number of carbonyl (C=O) groups is 1. The highest BCUT2D eigenvalue weighted by molar-refractivity contribution is 9.10. The molecule has 0 radical (unpaired) electrons. The lowest BCUT2D eigenvalue weighted by molar-refractivity contribution is 0.0999. The molecule has 5 nitrogen and oxygen atoms in total. The first kappa shape index (κ1) is 17.4. The van der Waals surface area contributed by atoms with Crippen molar-refractivity contribution in [3.63, 3.8) is 0 Å². The van der Waals surface area contributed by atoms with Gasteiger partial charge in [-0.05, 0) is 64.9 Å². The van der Waals surface area contributed by atoms with E-state index in [0.29, 0.717) is 26.2 Å². The molecule has 134 valence electrons. The van der Waals surface area contributed by atoms with Crippen LogP contribution in [0.2, 0.25) is 0 Å². The predicted molar refractivity (Wildman–Crippen MR) is 102 cm³/mol. The minimum Gasteiger partial charge on any atom is -0.493 e. The van der Waals surface area contributed by atoms with Gasteiger partial charge >= 0.3 is 5.91 Å². The molecule has 1 aliphatic carbocycles. The second-order valence-electron chi connectivity index (χ2n) is 6.54. The molecule has 2 aromatic heterocycles. The Labute approximate surface area is 161 Å². The Kier molecular flexibility index (Phi) is 4.40. The fourth-order valence-corrected chi connectivity index (χ4v) is 4.87. The maximum Gasteiger partial charge on any atom is 0.305 e. The molecule has 1 atom stereocenters. The third-order valence-electron chi connectivity index (χ3n) is 4.56. The summed E-state index contributed by atoms with van der Waals surface area (Å²) < 4.78 is 14.1. The van der Waals surface area contributed by atoms with Crippen molar-refractivity contribution in [2.75, 3.05) is 0 Å². The van der Waals surface area contributed by atoms with Gasteiger partial charge in [0.05, 0.1) is 10.4 Å². The van der Waals surface area contributed by atoms with Crippen molar-refractivity contribution in [2.45, 2.75) is 26.2 Å². The summed E-state index contributed by atoms with van der Waals surface area (Å²) in [6, 6.07) is 4.41. The van der Waals surface area contributed by atoms with Crippen molar-refractivity contribution in [1.82, 2.24) is 4.98 Å². The number of aryl methyl sites for hydroxylation is 1. The number of rotatable bonds is 2. The number of aromatic nitrogens is 1. The van der Waals surface area contributed by atoms with Gasteiger partial charge in [0.2, 0.25) is 5.88 Å². The third kappa shape index (κ3) is 3.07. The van der Waals surface area contributed by atoms with Gasteiger partial charge in [-0.3, -0.25) is 4.79 Å². The maximum atomic E-state index is 13.7. The van der Waals surface area contributed by atoms with Gasteiger partial charge in [-0.2, -0.15) is 0 Å². The number of aromatic hydroxyl groups is 1. The fourth-order valence-electron chi connectivity index (χ4n) is 3.25. The molecule has 0 saturated carbocycles. The first-order valence-corrected chi connectivity index (χ1v) is 9.80. The zero-order chi connectivity index (χ0) is 18.4. The van der Waals surface area contributed by atoms with Crippen molar-refractivity contribution < 1.29 is 14.3 Å². The van der Waals surface area contributed by atoms with Crippen molar-refractivity contribution in [3.8, 4) is 5.88 Å². The van der Waals surface area contributed by atoms with E-state index >= 15 is 0 Å². The van der Waals surface area contributed by atoms with E-state index in [9.17, 15) is 14.3 Å². The number of hydrogen-bond acceptors (Lipinski definition) is 4. The summed E-state index contributed by atoms with van der Waals surface area (Å²) in [6.07, 6.45) is 3.10. The lowest BCUT2D eigenvalue weighted by atomic mass is 9.90. The number of aromatic amines is 1. The predicted octanol–water partition coefficient (Wildman–Crippen LogP) is 5.89. The van der Waals surface area contributed by atoms with Crippen LogP contribution in [-0.2, 0) is 12.8 Å². The number of H-pyrrole nitrogens is 1. The van der Waals surface area contributed by atoms with Gasteiger partial charge in [0.1, 0.15) is 5.82 Å². The molecule has 1 amide bonds. The van der Waals surface area contributed by atoms with Crippen LogP contribution in [0.4, 0.5) is 10.1 Å². The van der Waals surface area contributed by atoms with Gasteiger partial charge in [0.25, 0.3) is 0 Å². The molecule has 2 heterocycles. The highest BCUT2D eigenvalue weighted by Gasteiger charge is 2.21. The third-order valence-corrected chi connectivity index (χ3v) is 6.41. The van der Waals surface area contributed by atoms with Crippen LogP contribution < -0.4 is 0 Å². The molecule has 8 heteroatoms. The number of azo groups is 1. The number of amides is 1. The molecule has 0 fully saturated rings. The van der Waals surface area contributed by atoms with Gasteiger partial charge in [-0.25, -0.2) is 4.39 Å². The lowest BCUT2D eigenvalue weighted by Gasteiger charge is -2.16. The van der Waals surface area contributed by atoms with Crippen LogP contribution >= 0.6 is 27.3 Å². The largest absolute Gasteiger partial charge is 0.493 e. The van der Waals surface area contributed by atoms with E-state index in [1.807, 2.05) is 6.07 Å². The van der Waals surface area contributed by atoms with Crippen molar-refractivity contribution in [2.24, 2.45) is 16.1 Å². The Morgan fingerprint density at radius 1 is 1.42 bits per heavy atom. The van der Waals surface area contributed by atoms with E-state index in [-0.39, 0.29) is 11.6 Å². The molecule has 2 N–H and O–H groups in total. The van der Waals surface area contributed by atoms with Gasteiger partial charge in [0, 0.05) is 14.7 Å². The van der Waals surface area contributed by atoms with Crippen LogP contribution in [0.15, 0.2) is 32.9 Å². The smallest absolute Gasteiger partial charge is 0.305 e. The number of thiophene rings is 1. The number of nitrogens with zero attached hydrogens (tertiary/aromatic N) is 2. The Morgan fingerprint density at radius 3 is 3.04 bits per heavy atom. The van der Waals surface area contributed by atoms with Crippen LogP contribution in [0.25, 0.3) is 10.9 Å². The number of hydrogen-bond donors (Lipinski definition) is 2. The minimum absolute atomic E-state index is 0.0449. The highest BCUT2D eigenvalue weighted by Crippen LogP contribution is 2.39. The molecule has 4 rings (SSSR count). The molecule has 0 bridgehead atoms. The Hall–Kier alpha value is -2.06. The molecule has 3 aromatic rings. The minimum atomic E-state index is -0.480. The van der Waals surface area contributed by atoms with Crippen LogP contribution in [0.3, 0.4) is 0 Å². The second-order valence-corrected chi connectivity index (χ2v) is 8.54. The molecule has 26 heavy (non-hydrogen) atoms. The molecule has 0 aliphatic heterocycles. The van der Waals surface area contributed by atoms with Crippen LogP contribution in [0.5, 0.6) is 5.88 Å². The average Bonchev–Trinajstić information content (AvgIpc) is 3.13. The van der Waals surface area contributed by atoms with Crippen molar-refractivity contribution in [3.05, 3.63) is 43.8 Å². The monoisotopic (exact) mass is 435 g/mol. The zero-order valence-electron chi connectivity index (χ0n) is 13.8. The molecular weight excluding hydrogens is 421 g/mol. The number of fused-ring (bicyclic) bond motifs is 2. The summed E-state index contributed by atoms with van der Waals surface area (Å²) in [5.74, 6) is -0.576. The maximum absolute atomic E-state index is 13.7. The second kappa shape index (κ2) is 6.59. The van der Waals surface area contributed by atoms with Gasteiger partial charge in [0.15, 0.2) is 5.69 Å². The standard InChI is InChI=1S/C18H15BrFN3O2S/c1-8-2-3-13-9(4-8)5-14(26-13)17(24)23-22-16-11-6-10(20)7-12(19)15(11)21-18(16)25/h5-8,21,25H,2-4H2,1H3. The molecule has 0 saturated heterocycles. The topological polar surface area (TPSA) is 77.8 Å².